The molecule has 152 valence electrons. The van der Waals surface area contributed by atoms with Crippen molar-refractivity contribution >= 4 is 16.8 Å². The smallest absolute Gasteiger partial charge is 0.223 e. The van der Waals surface area contributed by atoms with Crippen molar-refractivity contribution in [2.24, 2.45) is 5.92 Å². The first-order valence-electron chi connectivity index (χ1n) is 11.2. The number of carbonyl (C=O) groups excluding carboxylic acids is 1. The summed E-state index contributed by atoms with van der Waals surface area (Å²) in [4.78, 5) is 19.1. The molecule has 4 nitrogen and oxygen atoms in total. The topological polar surface area (TPSA) is 48.1 Å². The molecule has 1 amide bonds. The maximum Gasteiger partial charge on any atom is 0.223 e. The lowest BCUT2D eigenvalue weighted by Crippen LogP contribution is -2.58. The molecule has 1 aromatic heterocycles. The van der Waals surface area contributed by atoms with Gasteiger partial charge >= 0.3 is 0 Å². The standard InChI is InChI=1S/C24H35N3O/c1-19(16-20-17-25-22-11-5-4-10-21(20)22)23(28)26-24(12-6-2-7-13-24)18-27-14-8-3-9-15-27/h4-5,10-11,17,19,25H,2-3,6-9,12-16,18H2,1H3,(H,26,28). The molecule has 1 aliphatic carbocycles. The van der Waals surface area contributed by atoms with Gasteiger partial charge in [-0.05, 0) is 56.8 Å². The number of hydrogen-bond donors (Lipinski definition) is 2. The molecule has 1 atom stereocenters. The van der Waals surface area contributed by atoms with E-state index in [0.29, 0.717) is 0 Å². The molecule has 2 heterocycles. The first kappa shape index (κ1) is 19.5. The predicted molar refractivity (Wildman–Crippen MR) is 115 cm³/mol. The predicted octanol–water partition coefficient (Wildman–Crippen LogP) is 4.65. The Morgan fingerprint density at radius 3 is 2.61 bits per heavy atom. The van der Waals surface area contributed by atoms with Gasteiger partial charge in [-0.25, -0.2) is 0 Å². The van der Waals surface area contributed by atoms with Gasteiger partial charge in [-0.1, -0.05) is 50.8 Å². The first-order chi connectivity index (χ1) is 13.7. The molecule has 0 radical (unpaired) electrons. The van der Waals surface area contributed by atoms with Gasteiger partial charge in [0.2, 0.25) is 5.91 Å². The van der Waals surface area contributed by atoms with Gasteiger partial charge in [-0.2, -0.15) is 0 Å². The molecule has 1 saturated heterocycles. The highest BCUT2D eigenvalue weighted by Gasteiger charge is 2.36. The van der Waals surface area contributed by atoms with Crippen molar-refractivity contribution in [3.8, 4) is 0 Å². The summed E-state index contributed by atoms with van der Waals surface area (Å²) in [6.07, 6.45) is 12.9. The van der Waals surface area contributed by atoms with Gasteiger partial charge in [0.05, 0.1) is 5.54 Å². The summed E-state index contributed by atoms with van der Waals surface area (Å²) in [6, 6.07) is 8.36. The Labute approximate surface area is 169 Å². The fourth-order valence-corrected chi connectivity index (χ4v) is 5.20. The van der Waals surface area contributed by atoms with Crippen molar-refractivity contribution < 1.29 is 4.79 Å². The van der Waals surface area contributed by atoms with Crippen LogP contribution in [-0.4, -0.2) is 41.0 Å². The van der Waals surface area contributed by atoms with Gasteiger partial charge in [0.1, 0.15) is 0 Å². The van der Waals surface area contributed by atoms with Crippen LogP contribution in [0.15, 0.2) is 30.5 Å². The van der Waals surface area contributed by atoms with Crippen molar-refractivity contribution in [3.05, 3.63) is 36.0 Å². The van der Waals surface area contributed by atoms with Crippen LogP contribution in [0.3, 0.4) is 0 Å². The average Bonchev–Trinajstić information content (AvgIpc) is 3.12. The molecule has 1 aliphatic heterocycles. The molecule has 0 bridgehead atoms. The molecule has 1 unspecified atom stereocenters. The Morgan fingerprint density at radius 2 is 1.82 bits per heavy atom. The van der Waals surface area contributed by atoms with Gasteiger partial charge in [0.25, 0.3) is 0 Å². The number of carbonyl (C=O) groups is 1. The summed E-state index contributed by atoms with van der Waals surface area (Å²) < 4.78 is 0. The number of nitrogens with one attached hydrogen (secondary N) is 2. The van der Waals surface area contributed by atoms with E-state index in [9.17, 15) is 4.79 Å². The molecule has 2 aliphatic rings. The number of para-hydroxylation sites is 1. The van der Waals surface area contributed by atoms with E-state index in [2.05, 4.69) is 46.5 Å². The van der Waals surface area contributed by atoms with Crippen molar-refractivity contribution in [2.45, 2.75) is 70.3 Å². The zero-order valence-electron chi connectivity index (χ0n) is 17.3. The Bertz CT molecular complexity index is 784. The van der Waals surface area contributed by atoms with Crippen LogP contribution in [0, 0.1) is 5.92 Å². The normalized spacial score (nSPS) is 21.5. The van der Waals surface area contributed by atoms with E-state index in [1.165, 1.54) is 62.6 Å². The lowest BCUT2D eigenvalue weighted by atomic mass is 9.80. The van der Waals surface area contributed by atoms with Gasteiger partial charge in [0, 0.05) is 29.6 Å². The molecular formula is C24H35N3O. The van der Waals surface area contributed by atoms with E-state index in [0.717, 1.165) is 31.3 Å². The monoisotopic (exact) mass is 381 g/mol. The number of fused-ring (bicyclic) bond motifs is 1. The van der Waals surface area contributed by atoms with E-state index in [4.69, 9.17) is 0 Å². The third-order valence-corrected chi connectivity index (χ3v) is 6.82. The van der Waals surface area contributed by atoms with Gasteiger partial charge in [0.15, 0.2) is 0 Å². The molecule has 1 aromatic carbocycles. The molecule has 2 aromatic rings. The van der Waals surface area contributed by atoms with Crippen LogP contribution in [0.4, 0.5) is 0 Å². The second-order valence-corrected chi connectivity index (χ2v) is 9.13. The van der Waals surface area contributed by atoms with Crippen LogP contribution in [-0.2, 0) is 11.2 Å². The van der Waals surface area contributed by atoms with Crippen LogP contribution in [0.1, 0.15) is 63.9 Å². The summed E-state index contributed by atoms with van der Waals surface area (Å²) in [5, 5.41) is 4.79. The number of rotatable bonds is 6. The van der Waals surface area contributed by atoms with Crippen molar-refractivity contribution in [1.82, 2.24) is 15.2 Å². The maximum atomic E-state index is 13.2. The Hall–Kier alpha value is -1.81. The SMILES string of the molecule is CC(Cc1c[nH]c2ccccc12)C(=O)NC1(CN2CCCCC2)CCCCC1. The Kier molecular flexibility index (Phi) is 6.05. The second-order valence-electron chi connectivity index (χ2n) is 9.13. The summed E-state index contributed by atoms with van der Waals surface area (Å²) in [7, 11) is 0. The van der Waals surface area contributed by atoms with Crippen LogP contribution in [0.2, 0.25) is 0 Å². The maximum absolute atomic E-state index is 13.2. The number of hydrogen-bond acceptors (Lipinski definition) is 2. The fourth-order valence-electron chi connectivity index (χ4n) is 5.20. The summed E-state index contributed by atoms with van der Waals surface area (Å²) in [5.74, 6) is 0.212. The highest BCUT2D eigenvalue weighted by atomic mass is 16.2. The van der Waals surface area contributed by atoms with E-state index in [-0.39, 0.29) is 17.4 Å². The van der Waals surface area contributed by atoms with Crippen molar-refractivity contribution in [2.75, 3.05) is 19.6 Å². The largest absolute Gasteiger partial charge is 0.361 e. The highest BCUT2D eigenvalue weighted by molar-refractivity contribution is 5.85. The minimum atomic E-state index is -0.0145. The molecule has 28 heavy (non-hydrogen) atoms. The third-order valence-electron chi connectivity index (χ3n) is 6.82. The van der Waals surface area contributed by atoms with Crippen LogP contribution in [0.5, 0.6) is 0 Å². The average molecular weight is 382 g/mol. The third kappa shape index (κ3) is 4.43. The van der Waals surface area contributed by atoms with Crippen LogP contribution >= 0.6 is 0 Å². The molecule has 2 N–H and O–H groups in total. The summed E-state index contributed by atoms with van der Waals surface area (Å²) >= 11 is 0. The second kappa shape index (κ2) is 8.69. The number of nitrogens with zero attached hydrogens (tertiary/aromatic N) is 1. The zero-order chi connectivity index (χ0) is 19.4. The number of amides is 1. The minimum absolute atomic E-state index is 0.0128. The van der Waals surface area contributed by atoms with Crippen molar-refractivity contribution in [1.29, 1.82) is 0 Å². The Balaban J connectivity index is 1.42. The van der Waals surface area contributed by atoms with E-state index in [1.54, 1.807) is 0 Å². The summed E-state index contributed by atoms with van der Waals surface area (Å²) in [5.41, 5.74) is 2.38. The molecular weight excluding hydrogens is 346 g/mol. The van der Waals surface area contributed by atoms with E-state index < -0.39 is 0 Å². The number of piperidine rings is 1. The van der Waals surface area contributed by atoms with Gasteiger partial charge in [-0.3, -0.25) is 4.79 Å². The van der Waals surface area contributed by atoms with Crippen LogP contribution in [0.25, 0.3) is 10.9 Å². The van der Waals surface area contributed by atoms with Gasteiger partial charge in [-0.15, -0.1) is 0 Å². The summed E-state index contributed by atoms with van der Waals surface area (Å²) in [6.45, 7) is 5.51. The lowest BCUT2D eigenvalue weighted by Gasteiger charge is -2.43. The number of H-pyrrole nitrogens is 1. The molecule has 2 fully saturated rings. The van der Waals surface area contributed by atoms with Crippen molar-refractivity contribution in [3.63, 3.8) is 0 Å². The number of benzene rings is 1. The molecule has 4 rings (SSSR count). The Morgan fingerprint density at radius 1 is 1.11 bits per heavy atom. The number of aromatic nitrogens is 1. The molecule has 4 heteroatoms. The lowest BCUT2D eigenvalue weighted by molar-refractivity contribution is -0.127. The van der Waals surface area contributed by atoms with E-state index in [1.807, 2.05) is 6.07 Å². The quantitative estimate of drug-likeness (QED) is 0.765. The highest BCUT2D eigenvalue weighted by Crippen LogP contribution is 2.31. The van der Waals surface area contributed by atoms with Crippen LogP contribution < -0.4 is 5.32 Å². The molecule has 1 saturated carbocycles. The van der Waals surface area contributed by atoms with Gasteiger partial charge < -0.3 is 15.2 Å². The zero-order valence-corrected chi connectivity index (χ0v) is 17.3. The van der Waals surface area contributed by atoms with E-state index >= 15 is 0 Å². The molecule has 0 spiro atoms. The number of aromatic amines is 1. The minimum Gasteiger partial charge on any atom is -0.361 e. The first-order valence-corrected chi connectivity index (χ1v) is 11.2. The fraction of sp³-hybridized carbons (Fsp3) is 0.625. The number of likely N-dealkylation sites (tertiary alicyclic amines) is 1.